The molecule has 20 heavy (non-hydrogen) atoms. The first-order valence-electron chi connectivity index (χ1n) is 6.09. The molecule has 0 aliphatic rings. The molecule has 1 atom stereocenters. The van der Waals surface area contributed by atoms with Gasteiger partial charge in [0.05, 0.1) is 0 Å². The minimum Gasteiger partial charge on any atom is -0.488 e. The monoisotopic (exact) mass is 297 g/mol. The molecule has 0 aliphatic carbocycles. The van der Waals surface area contributed by atoms with Gasteiger partial charge in [-0.1, -0.05) is 23.7 Å². The highest BCUT2D eigenvalue weighted by molar-refractivity contribution is 6.30. The zero-order chi connectivity index (χ0) is 14.7. The maximum absolute atomic E-state index is 13.5. The fraction of sp³-hybridized carbons (Fsp3) is 0.200. The van der Waals surface area contributed by atoms with Gasteiger partial charge < -0.3 is 10.5 Å². The average molecular weight is 298 g/mol. The molecule has 2 N–H and O–H groups in total. The van der Waals surface area contributed by atoms with E-state index in [1.54, 1.807) is 25.1 Å². The van der Waals surface area contributed by atoms with Crippen molar-refractivity contribution in [2.75, 3.05) is 0 Å². The van der Waals surface area contributed by atoms with Crippen molar-refractivity contribution in [2.24, 2.45) is 5.73 Å². The summed E-state index contributed by atoms with van der Waals surface area (Å²) in [6.07, 6.45) is 0. The van der Waals surface area contributed by atoms with Crippen LogP contribution in [-0.4, -0.2) is 0 Å². The standard InChI is InChI=1S/C15H14ClF2NO/c1-9(19)12-7-11(16)5-6-14(12)20-8-10-3-2-4-13(17)15(10)18/h2-7,9H,8,19H2,1H3/t9-/m0/s1. The van der Waals surface area contributed by atoms with Crippen LogP contribution in [0, 0.1) is 11.6 Å². The van der Waals surface area contributed by atoms with Gasteiger partial charge in [0, 0.05) is 22.2 Å². The van der Waals surface area contributed by atoms with Crippen molar-refractivity contribution in [3.8, 4) is 5.75 Å². The molecule has 0 amide bonds. The number of ether oxygens (including phenoxy) is 1. The Hall–Kier alpha value is -1.65. The summed E-state index contributed by atoms with van der Waals surface area (Å²) in [5.74, 6) is -1.29. The molecule has 2 aromatic rings. The Morgan fingerprint density at radius 1 is 1.25 bits per heavy atom. The smallest absolute Gasteiger partial charge is 0.165 e. The molecule has 2 nitrogen and oxygen atoms in total. The van der Waals surface area contributed by atoms with E-state index in [-0.39, 0.29) is 18.2 Å². The number of hydrogen-bond donors (Lipinski definition) is 1. The largest absolute Gasteiger partial charge is 0.488 e. The first-order chi connectivity index (χ1) is 9.49. The Kier molecular flexibility index (Phi) is 4.57. The zero-order valence-corrected chi connectivity index (χ0v) is 11.6. The highest BCUT2D eigenvalue weighted by Crippen LogP contribution is 2.28. The molecule has 0 radical (unpaired) electrons. The quantitative estimate of drug-likeness (QED) is 0.917. The van der Waals surface area contributed by atoms with Crippen LogP contribution in [0.15, 0.2) is 36.4 Å². The lowest BCUT2D eigenvalue weighted by Gasteiger charge is -2.14. The van der Waals surface area contributed by atoms with Crippen molar-refractivity contribution in [2.45, 2.75) is 19.6 Å². The second-order valence-electron chi connectivity index (χ2n) is 4.47. The van der Waals surface area contributed by atoms with Crippen LogP contribution in [0.5, 0.6) is 5.75 Å². The summed E-state index contributed by atoms with van der Waals surface area (Å²) in [5, 5.41) is 0.543. The molecule has 0 fully saturated rings. The van der Waals surface area contributed by atoms with Gasteiger partial charge in [-0.15, -0.1) is 0 Å². The number of halogens is 3. The minimum absolute atomic E-state index is 0.0784. The fourth-order valence-electron chi connectivity index (χ4n) is 1.82. The molecule has 0 bridgehead atoms. The third-order valence-electron chi connectivity index (χ3n) is 2.88. The number of rotatable bonds is 4. The first kappa shape index (κ1) is 14.8. The normalized spacial score (nSPS) is 12.2. The third kappa shape index (κ3) is 3.26. The Morgan fingerprint density at radius 3 is 2.70 bits per heavy atom. The van der Waals surface area contributed by atoms with E-state index in [1.807, 2.05) is 0 Å². The summed E-state index contributed by atoms with van der Waals surface area (Å²) < 4.78 is 32.2. The Balaban J connectivity index is 2.21. The molecule has 2 rings (SSSR count). The molecule has 106 valence electrons. The van der Waals surface area contributed by atoms with Crippen LogP contribution in [0.2, 0.25) is 5.02 Å². The van der Waals surface area contributed by atoms with Crippen molar-refractivity contribution < 1.29 is 13.5 Å². The van der Waals surface area contributed by atoms with E-state index in [0.29, 0.717) is 16.3 Å². The SMILES string of the molecule is C[C@H](N)c1cc(Cl)ccc1OCc1cccc(F)c1F. The lowest BCUT2D eigenvalue weighted by atomic mass is 10.1. The second-order valence-corrected chi connectivity index (χ2v) is 4.91. The van der Waals surface area contributed by atoms with Crippen molar-refractivity contribution in [1.82, 2.24) is 0 Å². The molecule has 0 unspecified atom stereocenters. The van der Waals surface area contributed by atoms with Gasteiger partial charge >= 0.3 is 0 Å². The Bertz CT molecular complexity index is 617. The van der Waals surface area contributed by atoms with Crippen molar-refractivity contribution in [3.05, 3.63) is 64.2 Å². The van der Waals surface area contributed by atoms with Crippen LogP contribution >= 0.6 is 11.6 Å². The summed E-state index contributed by atoms with van der Waals surface area (Å²) in [6.45, 7) is 1.71. The molecule has 0 aromatic heterocycles. The van der Waals surface area contributed by atoms with E-state index in [9.17, 15) is 8.78 Å². The molecule has 0 heterocycles. The predicted octanol–water partition coefficient (Wildman–Crippen LogP) is 4.22. The Morgan fingerprint density at radius 2 is 2.00 bits per heavy atom. The van der Waals surface area contributed by atoms with Crippen LogP contribution in [0.4, 0.5) is 8.78 Å². The van der Waals surface area contributed by atoms with E-state index < -0.39 is 11.6 Å². The van der Waals surface area contributed by atoms with Gasteiger partial charge in [-0.3, -0.25) is 0 Å². The maximum Gasteiger partial charge on any atom is 0.165 e. The molecule has 5 heteroatoms. The van der Waals surface area contributed by atoms with Crippen molar-refractivity contribution >= 4 is 11.6 Å². The summed E-state index contributed by atoms with van der Waals surface area (Å²) in [4.78, 5) is 0. The highest BCUT2D eigenvalue weighted by Gasteiger charge is 2.12. The van der Waals surface area contributed by atoms with Crippen LogP contribution in [0.1, 0.15) is 24.1 Å². The topological polar surface area (TPSA) is 35.2 Å². The van der Waals surface area contributed by atoms with Gasteiger partial charge in [0.1, 0.15) is 12.4 Å². The van der Waals surface area contributed by atoms with E-state index in [2.05, 4.69) is 0 Å². The minimum atomic E-state index is -0.899. The fourth-order valence-corrected chi connectivity index (χ4v) is 2.00. The van der Waals surface area contributed by atoms with Crippen LogP contribution in [0.25, 0.3) is 0 Å². The molecule has 0 aliphatic heterocycles. The summed E-state index contributed by atoms with van der Waals surface area (Å²) in [6, 6.07) is 8.72. The van der Waals surface area contributed by atoms with Gasteiger partial charge in [0.15, 0.2) is 11.6 Å². The van der Waals surface area contributed by atoms with Crippen molar-refractivity contribution in [3.63, 3.8) is 0 Å². The van der Waals surface area contributed by atoms with Gasteiger partial charge in [-0.05, 0) is 31.2 Å². The van der Waals surface area contributed by atoms with Crippen LogP contribution in [-0.2, 0) is 6.61 Å². The molecule has 2 aromatic carbocycles. The lowest BCUT2D eigenvalue weighted by Crippen LogP contribution is -2.08. The second kappa shape index (κ2) is 6.20. The predicted molar refractivity (Wildman–Crippen MR) is 74.7 cm³/mol. The van der Waals surface area contributed by atoms with Gasteiger partial charge in [0.25, 0.3) is 0 Å². The third-order valence-corrected chi connectivity index (χ3v) is 3.11. The molecular weight excluding hydrogens is 284 g/mol. The van der Waals surface area contributed by atoms with E-state index in [1.165, 1.54) is 12.1 Å². The molecular formula is C15H14ClF2NO. The van der Waals surface area contributed by atoms with Crippen LogP contribution < -0.4 is 10.5 Å². The van der Waals surface area contributed by atoms with Gasteiger partial charge in [-0.2, -0.15) is 0 Å². The zero-order valence-electron chi connectivity index (χ0n) is 10.9. The van der Waals surface area contributed by atoms with Crippen molar-refractivity contribution in [1.29, 1.82) is 0 Å². The molecule has 0 saturated carbocycles. The lowest BCUT2D eigenvalue weighted by molar-refractivity contribution is 0.293. The summed E-state index contributed by atoms with van der Waals surface area (Å²) in [5.41, 5.74) is 6.70. The maximum atomic E-state index is 13.5. The molecule has 0 spiro atoms. The van der Waals surface area contributed by atoms with E-state index >= 15 is 0 Å². The molecule has 0 saturated heterocycles. The number of hydrogen-bond acceptors (Lipinski definition) is 2. The first-order valence-corrected chi connectivity index (χ1v) is 6.47. The average Bonchev–Trinajstić information content (AvgIpc) is 2.41. The van der Waals surface area contributed by atoms with Crippen LogP contribution in [0.3, 0.4) is 0 Å². The highest BCUT2D eigenvalue weighted by atomic mass is 35.5. The summed E-state index contributed by atoms with van der Waals surface area (Å²) >= 11 is 5.90. The van der Waals surface area contributed by atoms with E-state index in [4.69, 9.17) is 22.1 Å². The Labute approximate surface area is 121 Å². The van der Waals surface area contributed by atoms with Gasteiger partial charge in [-0.25, -0.2) is 8.78 Å². The number of nitrogens with two attached hydrogens (primary N) is 1. The summed E-state index contributed by atoms with van der Waals surface area (Å²) in [7, 11) is 0. The van der Waals surface area contributed by atoms with E-state index in [0.717, 1.165) is 6.07 Å². The number of benzene rings is 2. The van der Waals surface area contributed by atoms with Gasteiger partial charge in [0.2, 0.25) is 0 Å².